The van der Waals surface area contributed by atoms with Gasteiger partial charge in [-0.25, -0.2) is 0 Å². The van der Waals surface area contributed by atoms with Crippen LogP contribution in [0.1, 0.15) is 44.2 Å². The summed E-state index contributed by atoms with van der Waals surface area (Å²) in [6.45, 7) is 6.44. The van der Waals surface area contributed by atoms with E-state index in [1.807, 2.05) is 0 Å². The number of piperidine rings is 1. The Bertz CT molecular complexity index is 850. The third kappa shape index (κ3) is 3.24. The molecule has 0 radical (unpaired) electrons. The maximum absolute atomic E-state index is 12.6. The zero-order valence-corrected chi connectivity index (χ0v) is 16.2. The highest BCUT2D eigenvalue weighted by atomic mass is 32.2. The molecule has 1 saturated heterocycles. The molecule has 0 spiro atoms. The van der Waals surface area contributed by atoms with Gasteiger partial charge in [-0.2, -0.15) is 21.6 Å². The van der Waals surface area contributed by atoms with Crippen LogP contribution in [-0.4, -0.2) is 38.0 Å². The van der Waals surface area contributed by atoms with Crippen molar-refractivity contribution in [2.24, 2.45) is 11.8 Å². The second-order valence-electron chi connectivity index (χ2n) is 8.47. The molecule has 3 unspecified atom stereocenters. The Labute approximate surface area is 157 Å². The molecule has 2 bridgehead atoms. The summed E-state index contributed by atoms with van der Waals surface area (Å²) >= 11 is 0. The van der Waals surface area contributed by atoms with E-state index in [4.69, 9.17) is 0 Å². The third-order valence-electron chi connectivity index (χ3n) is 6.77. The van der Waals surface area contributed by atoms with Crippen LogP contribution in [0.2, 0.25) is 0 Å². The Morgan fingerprint density at radius 2 is 2.00 bits per heavy atom. The van der Waals surface area contributed by atoms with Crippen LogP contribution in [0.15, 0.2) is 18.2 Å². The predicted molar refractivity (Wildman–Crippen MR) is 95.0 cm³/mol. The van der Waals surface area contributed by atoms with E-state index in [9.17, 15) is 21.6 Å². The zero-order chi connectivity index (χ0) is 19.6. The van der Waals surface area contributed by atoms with E-state index < -0.39 is 15.6 Å². The van der Waals surface area contributed by atoms with E-state index in [0.29, 0.717) is 12.0 Å². The molecule has 8 heteroatoms. The molecule has 1 aromatic rings. The van der Waals surface area contributed by atoms with Gasteiger partial charge in [-0.3, -0.25) is 4.90 Å². The number of fused-ring (bicyclic) bond motifs is 4. The highest BCUT2D eigenvalue weighted by molar-refractivity contribution is 7.88. The minimum absolute atomic E-state index is 0.195. The molecule has 1 aromatic carbocycles. The lowest BCUT2D eigenvalue weighted by atomic mass is 9.59. The zero-order valence-electron chi connectivity index (χ0n) is 15.4. The summed E-state index contributed by atoms with van der Waals surface area (Å²) in [4.78, 5) is 2.57. The lowest BCUT2D eigenvalue weighted by Crippen LogP contribution is -2.58. The van der Waals surface area contributed by atoms with E-state index in [0.717, 1.165) is 43.0 Å². The van der Waals surface area contributed by atoms with Crippen LogP contribution in [-0.2, 0) is 22.0 Å². The quantitative estimate of drug-likeness (QED) is 0.566. The number of alkyl halides is 3. The Morgan fingerprint density at radius 1 is 1.30 bits per heavy atom. The number of benzene rings is 1. The Balaban J connectivity index is 1.64. The lowest BCUT2D eigenvalue weighted by molar-refractivity contribution is -0.0500. The lowest BCUT2D eigenvalue weighted by Gasteiger charge is -2.54. The van der Waals surface area contributed by atoms with Crippen LogP contribution in [0.3, 0.4) is 0 Å². The van der Waals surface area contributed by atoms with Gasteiger partial charge in [0, 0.05) is 12.6 Å². The molecule has 0 aromatic heterocycles. The van der Waals surface area contributed by atoms with Crippen LogP contribution in [0.5, 0.6) is 5.75 Å². The van der Waals surface area contributed by atoms with Crippen molar-refractivity contribution < 1.29 is 25.8 Å². The molecule has 1 heterocycles. The summed E-state index contributed by atoms with van der Waals surface area (Å²) < 4.78 is 65.0. The first-order valence-corrected chi connectivity index (χ1v) is 10.8. The second kappa shape index (κ2) is 6.11. The van der Waals surface area contributed by atoms with E-state index in [-0.39, 0.29) is 11.2 Å². The maximum Gasteiger partial charge on any atom is 0.534 e. The number of nitrogens with zero attached hydrogens (tertiary/aromatic N) is 1. The molecular formula is C19H24F3NO3S. The van der Waals surface area contributed by atoms with Gasteiger partial charge in [-0.1, -0.05) is 19.9 Å². The van der Waals surface area contributed by atoms with Crippen molar-refractivity contribution in [3.8, 4) is 5.75 Å². The van der Waals surface area contributed by atoms with Crippen LogP contribution in [0, 0.1) is 11.8 Å². The number of hydrogen-bond acceptors (Lipinski definition) is 4. The first-order chi connectivity index (χ1) is 12.5. The smallest absolute Gasteiger partial charge is 0.376 e. The van der Waals surface area contributed by atoms with Crippen LogP contribution in [0.25, 0.3) is 0 Å². The van der Waals surface area contributed by atoms with Crippen molar-refractivity contribution in [3.05, 3.63) is 29.3 Å². The Hall–Kier alpha value is -1.28. The molecule has 2 aliphatic carbocycles. The summed E-state index contributed by atoms with van der Waals surface area (Å²) in [5.74, 6) is 0.886. The van der Waals surface area contributed by atoms with Crippen LogP contribution in [0.4, 0.5) is 13.2 Å². The standard InChI is InChI=1S/C19H24F3NO3S/c1-12-17-9-14-5-6-15(26-27(24,25)19(20,21)22)10-16(14)18(12,2)7-8-23(17)11-13-3-4-13/h5-6,10,12-13,17H,3-4,7-9,11H2,1-2H3. The SMILES string of the molecule is CC1C2Cc3ccc(OS(=O)(=O)C(F)(F)F)cc3C1(C)CCN2CC1CC1. The molecule has 4 nitrogen and oxygen atoms in total. The molecule has 1 aliphatic heterocycles. The number of hydrogen-bond donors (Lipinski definition) is 0. The molecular weight excluding hydrogens is 379 g/mol. The van der Waals surface area contributed by atoms with Crippen LogP contribution >= 0.6 is 0 Å². The highest BCUT2D eigenvalue weighted by Crippen LogP contribution is 2.50. The van der Waals surface area contributed by atoms with Crippen molar-refractivity contribution in [2.75, 3.05) is 13.1 Å². The number of likely N-dealkylation sites (tertiary alicyclic amines) is 1. The normalized spacial score (nSPS) is 31.4. The maximum atomic E-state index is 12.6. The third-order valence-corrected chi connectivity index (χ3v) is 7.75. The molecule has 0 amide bonds. The fourth-order valence-electron chi connectivity index (χ4n) is 4.77. The molecule has 150 valence electrons. The van der Waals surface area contributed by atoms with Gasteiger partial charge in [0.15, 0.2) is 0 Å². The first-order valence-electron chi connectivity index (χ1n) is 9.39. The van der Waals surface area contributed by atoms with Gasteiger partial charge in [0.1, 0.15) is 5.75 Å². The van der Waals surface area contributed by atoms with Crippen molar-refractivity contribution >= 4 is 10.1 Å². The summed E-state index contributed by atoms with van der Waals surface area (Å²) in [5, 5.41) is 0. The van der Waals surface area contributed by atoms with Gasteiger partial charge in [0.25, 0.3) is 0 Å². The average Bonchev–Trinajstić information content (AvgIpc) is 3.37. The van der Waals surface area contributed by atoms with Crippen molar-refractivity contribution in [2.45, 2.75) is 56.5 Å². The minimum Gasteiger partial charge on any atom is -0.376 e. The van der Waals surface area contributed by atoms with Crippen LogP contribution < -0.4 is 4.18 Å². The predicted octanol–water partition coefficient (Wildman–Crippen LogP) is 3.85. The topological polar surface area (TPSA) is 46.6 Å². The molecule has 1 saturated carbocycles. The first kappa shape index (κ1) is 19.1. The van der Waals surface area contributed by atoms with E-state index >= 15 is 0 Å². The van der Waals surface area contributed by atoms with Gasteiger partial charge in [0.2, 0.25) is 0 Å². The van der Waals surface area contributed by atoms with Gasteiger partial charge < -0.3 is 4.18 Å². The second-order valence-corrected chi connectivity index (χ2v) is 10.0. The van der Waals surface area contributed by atoms with E-state index in [2.05, 4.69) is 22.9 Å². The molecule has 4 rings (SSSR count). The molecule has 27 heavy (non-hydrogen) atoms. The molecule has 2 fully saturated rings. The summed E-state index contributed by atoms with van der Waals surface area (Å²) in [7, 11) is -5.66. The molecule has 0 N–H and O–H groups in total. The fourth-order valence-corrected chi connectivity index (χ4v) is 5.22. The average molecular weight is 403 g/mol. The minimum atomic E-state index is -5.66. The number of rotatable bonds is 4. The monoisotopic (exact) mass is 403 g/mol. The fraction of sp³-hybridized carbons (Fsp3) is 0.684. The van der Waals surface area contributed by atoms with Gasteiger partial charge in [-0.15, -0.1) is 0 Å². The summed E-state index contributed by atoms with van der Waals surface area (Å²) in [6, 6.07) is 4.99. The Kier molecular flexibility index (Phi) is 4.31. The molecule has 3 aliphatic rings. The number of halogens is 3. The van der Waals surface area contributed by atoms with Crippen molar-refractivity contribution in [3.63, 3.8) is 0 Å². The van der Waals surface area contributed by atoms with Crippen molar-refractivity contribution in [1.82, 2.24) is 4.90 Å². The van der Waals surface area contributed by atoms with E-state index in [1.165, 1.54) is 25.0 Å². The summed E-state index contributed by atoms with van der Waals surface area (Å²) in [5.41, 5.74) is -3.62. The largest absolute Gasteiger partial charge is 0.534 e. The van der Waals surface area contributed by atoms with Gasteiger partial charge >= 0.3 is 15.6 Å². The van der Waals surface area contributed by atoms with Gasteiger partial charge in [-0.05, 0) is 72.7 Å². The molecule has 3 atom stereocenters. The van der Waals surface area contributed by atoms with Gasteiger partial charge in [0.05, 0.1) is 0 Å². The summed E-state index contributed by atoms with van der Waals surface area (Å²) in [6.07, 6.45) is 4.35. The van der Waals surface area contributed by atoms with Crippen molar-refractivity contribution in [1.29, 1.82) is 0 Å². The Morgan fingerprint density at radius 3 is 2.63 bits per heavy atom. The highest BCUT2D eigenvalue weighted by Gasteiger charge is 2.50. The van der Waals surface area contributed by atoms with E-state index in [1.54, 1.807) is 6.07 Å².